The van der Waals surface area contributed by atoms with E-state index in [1.54, 1.807) is 16.7 Å². The SMILES string of the molecule is CC(=O)N1CSCC1C=O. The lowest BCUT2D eigenvalue weighted by Crippen LogP contribution is -2.35. The van der Waals surface area contributed by atoms with Crippen LogP contribution in [0.4, 0.5) is 0 Å². The zero-order valence-corrected chi connectivity index (χ0v) is 6.56. The molecular weight excluding hydrogens is 150 g/mol. The Balaban J connectivity index is 2.58. The Morgan fingerprint density at radius 3 is 2.90 bits per heavy atom. The highest BCUT2D eigenvalue weighted by Crippen LogP contribution is 2.18. The summed E-state index contributed by atoms with van der Waals surface area (Å²) in [7, 11) is 0. The zero-order valence-electron chi connectivity index (χ0n) is 5.74. The molecule has 1 heterocycles. The summed E-state index contributed by atoms with van der Waals surface area (Å²) >= 11 is 1.62. The molecule has 0 bridgehead atoms. The van der Waals surface area contributed by atoms with Crippen molar-refractivity contribution in [1.82, 2.24) is 4.90 Å². The molecule has 10 heavy (non-hydrogen) atoms. The van der Waals surface area contributed by atoms with Gasteiger partial charge in [0.2, 0.25) is 5.91 Å². The molecule has 1 saturated heterocycles. The lowest BCUT2D eigenvalue weighted by atomic mass is 10.3. The highest BCUT2D eigenvalue weighted by Gasteiger charge is 2.25. The Kier molecular flexibility index (Phi) is 2.32. The molecule has 1 amide bonds. The maximum Gasteiger partial charge on any atom is 0.220 e. The first-order chi connectivity index (χ1) is 4.75. The summed E-state index contributed by atoms with van der Waals surface area (Å²) in [5.74, 6) is 1.41. The predicted octanol–water partition coefficient (Wildman–Crippen LogP) is 0.107. The molecule has 1 atom stereocenters. The molecule has 56 valence electrons. The summed E-state index contributed by atoms with van der Waals surface area (Å²) in [5.41, 5.74) is 0. The number of carbonyl (C=O) groups is 2. The van der Waals surface area contributed by atoms with Crippen LogP contribution in [-0.2, 0) is 9.59 Å². The van der Waals surface area contributed by atoms with E-state index in [2.05, 4.69) is 0 Å². The first-order valence-corrected chi connectivity index (χ1v) is 4.21. The van der Waals surface area contributed by atoms with Crippen molar-refractivity contribution in [3.8, 4) is 0 Å². The third kappa shape index (κ3) is 1.31. The minimum Gasteiger partial charge on any atom is -0.323 e. The number of aldehydes is 1. The number of amides is 1. The summed E-state index contributed by atoms with van der Waals surface area (Å²) < 4.78 is 0. The van der Waals surface area contributed by atoms with E-state index in [4.69, 9.17) is 0 Å². The highest BCUT2D eigenvalue weighted by atomic mass is 32.2. The normalized spacial score (nSPS) is 24.9. The average molecular weight is 159 g/mol. The van der Waals surface area contributed by atoms with E-state index in [0.717, 1.165) is 12.0 Å². The van der Waals surface area contributed by atoms with Gasteiger partial charge in [0, 0.05) is 12.7 Å². The number of nitrogens with zero attached hydrogens (tertiary/aromatic N) is 1. The molecule has 0 spiro atoms. The molecule has 4 heteroatoms. The number of hydrogen-bond donors (Lipinski definition) is 0. The molecule has 1 fully saturated rings. The zero-order chi connectivity index (χ0) is 7.56. The first-order valence-electron chi connectivity index (χ1n) is 3.06. The Hall–Kier alpha value is -0.510. The van der Waals surface area contributed by atoms with Gasteiger partial charge < -0.3 is 9.69 Å². The maximum absolute atomic E-state index is 10.8. The van der Waals surface area contributed by atoms with Gasteiger partial charge in [-0.05, 0) is 0 Å². The summed E-state index contributed by atoms with van der Waals surface area (Å²) in [5, 5.41) is 0. The molecule has 0 aromatic rings. The van der Waals surface area contributed by atoms with E-state index in [-0.39, 0.29) is 11.9 Å². The third-order valence-corrected chi connectivity index (χ3v) is 2.52. The summed E-state index contributed by atoms with van der Waals surface area (Å²) in [4.78, 5) is 22.7. The van der Waals surface area contributed by atoms with Gasteiger partial charge in [0.15, 0.2) is 0 Å². The number of hydrogen-bond acceptors (Lipinski definition) is 3. The molecule has 1 aliphatic rings. The largest absolute Gasteiger partial charge is 0.323 e. The van der Waals surface area contributed by atoms with E-state index < -0.39 is 0 Å². The number of thioether (sulfide) groups is 1. The summed E-state index contributed by atoms with van der Waals surface area (Å²) in [6.07, 6.45) is 0.835. The topological polar surface area (TPSA) is 37.4 Å². The van der Waals surface area contributed by atoms with Gasteiger partial charge in [-0.25, -0.2) is 0 Å². The van der Waals surface area contributed by atoms with Gasteiger partial charge in [0.1, 0.15) is 6.29 Å². The summed E-state index contributed by atoms with van der Waals surface area (Å²) in [6.45, 7) is 1.49. The van der Waals surface area contributed by atoms with Crippen LogP contribution >= 0.6 is 11.8 Å². The Morgan fingerprint density at radius 1 is 1.80 bits per heavy atom. The van der Waals surface area contributed by atoms with Crippen LogP contribution in [0.3, 0.4) is 0 Å². The molecule has 1 aliphatic heterocycles. The van der Waals surface area contributed by atoms with Gasteiger partial charge in [-0.3, -0.25) is 4.79 Å². The van der Waals surface area contributed by atoms with Gasteiger partial charge in [0.25, 0.3) is 0 Å². The van der Waals surface area contributed by atoms with Crippen molar-refractivity contribution in [3.63, 3.8) is 0 Å². The second-order valence-corrected chi connectivity index (χ2v) is 3.19. The van der Waals surface area contributed by atoms with E-state index in [0.29, 0.717) is 5.88 Å². The van der Waals surface area contributed by atoms with Gasteiger partial charge in [-0.2, -0.15) is 0 Å². The lowest BCUT2D eigenvalue weighted by molar-refractivity contribution is -0.132. The Labute approximate surface area is 63.8 Å². The fourth-order valence-corrected chi connectivity index (χ4v) is 2.07. The van der Waals surface area contributed by atoms with Crippen molar-refractivity contribution >= 4 is 24.0 Å². The molecule has 0 aliphatic carbocycles. The highest BCUT2D eigenvalue weighted by molar-refractivity contribution is 7.99. The minimum atomic E-state index is -0.178. The van der Waals surface area contributed by atoms with Crippen molar-refractivity contribution in [2.45, 2.75) is 13.0 Å². The molecule has 0 saturated carbocycles. The maximum atomic E-state index is 10.8. The van der Waals surface area contributed by atoms with Crippen molar-refractivity contribution in [2.75, 3.05) is 11.6 Å². The molecule has 1 rings (SSSR count). The van der Waals surface area contributed by atoms with Crippen LogP contribution in [0, 0.1) is 0 Å². The minimum absolute atomic E-state index is 0.0119. The fraction of sp³-hybridized carbons (Fsp3) is 0.667. The molecule has 1 unspecified atom stereocenters. The van der Waals surface area contributed by atoms with Crippen LogP contribution in [0.25, 0.3) is 0 Å². The van der Waals surface area contributed by atoms with Crippen LogP contribution < -0.4 is 0 Å². The van der Waals surface area contributed by atoms with Crippen molar-refractivity contribution in [1.29, 1.82) is 0 Å². The predicted molar refractivity (Wildman–Crippen MR) is 39.7 cm³/mol. The molecule has 0 N–H and O–H groups in total. The molecule has 0 aromatic carbocycles. The smallest absolute Gasteiger partial charge is 0.220 e. The molecular formula is C6H9NO2S. The van der Waals surface area contributed by atoms with E-state index in [1.165, 1.54) is 6.92 Å². The quantitative estimate of drug-likeness (QED) is 0.509. The van der Waals surface area contributed by atoms with Crippen molar-refractivity contribution < 1.29 is 9.59 Å². The third-order valence-electron chi connectivity index (χ3n) is 1.48. The van der Waals surface area contributed by atoms with Crippen LogP contribution in [-0.4, -0.2) is 34.8 Å². The Morgan fingerprint density at radius 2 is 2.50 bits per heavy atom. The second-order valence-electron chi connectivity index (χ2n) is 2.19. The number of carbonyl (C=O) groups excluding carboxylic acids is 2. The van der Waals surface area contributed by atoms with E-state index in [9.17, 15) is 9.59 Å². The van der Waals surface area contributed by atoms with Crippen molar-refractivity contribution in [2.24, 2.45) is 0 Å². The van der Waals surface area contributed by atoms with E-state index >= 15 is 0 Å². The molecule has 0 radical (unpaired) electrons. The molecule has 0 aromatic heterocycles. The summed E-state index contributed by atoms with van der Waals surface area (Å²) in [6, 6.07) is -0.178. The standard InChI is InChI=1S/C6H9NO2S/c1-5(9)7-4-10-3-6(7)2-8/h2,6H,3-4H2,1H3. The van der Waals surface area contributed by atoms with Gasteiger partial charge >= 0.3 is 0 Å². The first kappa shape index (κ1) is 7.60. The van der Waals surface area contributed by atoms with Gasteiger partial charge in [0.05, 0.1) is 11.9 Å². The van der Waals surface area contributed by atoms with E-state index in [1.807, 2.05) is 0 Å². The van der Waals surface area contributed by atoms with Crippen LogP contribution in [0.15, 0.2) is 0 Å². The Bertz CT molecular complexity index is 160. The molecule has 3 nitrogen and oxygen atoms in total. The van der Waals surface area contributed by atoms with Crippen LogP contribution in [0.2, 0.25) is 0 Å². The second kappa shape index (κ2) is 3.05. The fourth-order valence-electron chi connectivity index (χ4n) is 0.895. The lowest BCUT2D eigenvalue weighted by Gasteiger charge is -2.16. The van der Waals surface area contributed by atoms with Gasteiger partial charge in [-0.15, -0.1) is 11.8 Å². The van der Waals surface area contributed by atoms with Gasteiger partial charge in [-0.1, -0.05) is 0 Å². The number of rotatable bonds is 1. The monoisotopic (exact) mass is 159 g/mol. The average Bonchev–Trinajstić information content (AvgIpc) is 2.33. The van der Waals surface area contributed by atoms with Crippen molar-refractivity contribution in [3.05, 3.63) is 0 Å². The van der Waals surface area contributed by atoms with Crippen LogP contribution in [0.5, 0.6) is 0 Å². The van der Waals surface area contributed by atoms with Crippen LogP contribution in [0.1, 0.15) is 6.92 Å².